The van der Waals surface area contributed by atoms with Crippen LogP contribution in [0.4, 0.5) is 5.69 Å². The highest BCUT2D eigenvalue weighted by Crippen LogP contribution is 2.10. The van der Waals surface area contributed by atoms with Crippen molar-refractivity contribution in [3.63, 3.8) is 0 Å². The van der Waals surface area contributed by atoms with Crippen molar-refractivity contribution in [2.45, 2.75) is 19.9 Å². The summed E-state index contributed by atoms with van der Waals surface area (Å²) in [5.41, 5.74) is 3.47. The molecule has 5 heteroatoms. The number of nitrogens with one attached hydrogen (secondary N) is 2. The van der Waals surface area contributed by atoms with Gasteiger partial charge >= 0.3 is 0 Å². The minimum absolute atomic E-state index is 0.0598. The highest BCUT2D eigenvalue weighted by Gasteiger charge is 2.05. The lowest BCUT2D eigenvalue weighted by Gasteiger charge is -2.06. The molecule has 0 saturated carbocycles. The van der Waals surface area contributed by atoms with Gasteiger partial charge in [-0.1, -0.05) is 6.92 Å². The van der Waals surface area contributed by atoms with Gasteiger partial charge in [-0.2, -0.15) is 0 Å². The lowest BCUT2D eigenvalue weighted by Crippen LogP contribution is -2.22. The van der Waals surface area contributed by atoms with E-state index in [2.05, 4.69) is 22.5 Å². The molecular weight excluding hydrogens is 258 g/mol. The maximum absolute atomic E-state index is 11.9. The Labute approximate surface area is 116 Å². The summed E-state index contributed by atoms with van der Waals surface area (Å²) in [7, 11) is 0. The van der Waals surface area contributed by atoms with E-state index in [1.807, 2.05) is 24.3 Å². The van der Waals surface area contributed by atoms with Gasteiger partial charge in [-0.05, 0) is 30.7 Å². The van der Waals surface area contributed by atoms with Crippen molar-refractivity contribution in [2.24, 2.45) is 0 Å². The fourth-order valence-electron chi connectivity index (χ4n) is 1.61. The minimum Gasteiger partial charge on any atom is -0.385 e. The molecule has 0 atom stereocenters. The van der Waals surface area contributed by atoms with Gasteiger partial charge in [0.05, 0.1) is 12.1 Å². The second kappa shape index (κ2) is 6.89. The number of anilines is 1. The monoisotopic (exact) mass is 275 g/mol. The molecule has 0 unspecified atom stereocenters. The third-order valence-corrected chi connectivity index (χ3v) is 3.41. The van der Waals surface area contributed by atoms with Crippen LogP contribution in [-0.4, -0.2) is 17.4 Å². The molecule has 0 aliphatic heterocycles. The molecule has 1 heterocycles. The second-order valence-electron chi connectivity index (χ2n) is 4.15. The smallest absolute Gasteiger partial charge is 0.251 e. The molecule has 2 aromatic rings. The minimum atomic E-state index is -0.0598. The molecular formula is C14H17N3OS. The van der Waals surface area contributed by atoms with Gasteiger partial charge in [-0.15, -0.1) is 11.3 Å². The van der Waals surface area contributed by atoms with Gasteiger partial charge in [0.2, 0.25) is 0 Å². The molecule has 2 N–H and O–H groups in total. The molecule has 1 aromatic carbocycles. The quantitative estimate of drug-likeness (QED) is 0.852. The Morgan fingerprint density at radius 3 is 2.74 bits per heavy atom. The first-order valence-corrected chi connectivity index (χ1v) is 7.17. The summed E-state index contributed by atoms with van der Waals surface area (Å²) in [6.45, 7) is 3.59. The van der Waals surface area contributed by atoms with E-state index in [0.29, 0.717) is 12.1 Å². The molecule has 0 bridgehead atoms. The Kier molecular flexibility index (Phi) is 4.92. The molecule has 100 valence electrons. The van der Waals surface area contributed by atoms with Crippen LogP contribution in [0.15, 0.2) is 36.0 Å². The van der Waals surface area contributed by atoms with Gasteiger partial charge in [0.15, 0.2) is 0 Å². The normalized spacial score (nSPS) is 10.2. The molecule has 0 spiro atoms. The summed E-state index contributed by atoms with van der Waals surface area (Å²) < 4.78 is 0. The van der Waals surface area contributed by atoms with Crippen LogP contribution in [0.1, 0.15) is 28.6 Å². The van der Waals surface area contributed by atoms with Crippen molar-refractivity contribution in [2.75, 3.05) is 11.9 Å². The van der Waals surface area contributed by atoms with Crippen molar-refractivity contribution in [1.82, 2.24) is 10.3 Å². The number of amides is 1. The fraction of sp³-hybridized carbons (Fsp3) is 0.286. The molecule has 1 amide bonds. The van der Waals surface area contributed by atoms with Crippen LogP contribution in [0, 0.1) is 0 Å². The number of hydrogen-bond donors (Lipinski definition) is 2. The van der Waals surface area contributed by atoms with Crippen molar-refractivity contribution >= 4 is 22.9 Å². The number of rotatable bonds is 6. The maximum atomic E-state index is 11.9. The lowest BCUT2D eigenvalue weighted by atomic mass is 10.2. The Hall–Kier alpha value is -1.88. The van der Waals surface area contributed by atoms with Gasteiger partial charge in [-0.25, -0.2) is 0 Å². The summed E-state index contributed by atoms with van der Waals surface area (Å²) in [6.07, 6.45) is 2.85. The Balaban J connectivity index is 1.88. The van der Waals surface area contributed by atoms with E-state index in [0.717, 1.165) is 23.5 Å². The Morgan fingerprint density at radius 2 is 2.11 bits per heavy atom. The van der Waals surface area contributed by atoms with Crippen LogP contribution < -0.4 is 10.6 Å². The first-order chi connectivity index (χ1) is 9.29. The third kappa shape index (κ3) is 4.06. The molecule has 2 rings (SSSR count). The van der Waals surface area contributed by atoms with E-state index >= 15 is 0 Å². The number of aromatic nitrogens is 1. The summed E-state index contributed by atoms with van der Waals surface area (Å²) in [5, 5.41) is 6.15. The molecule has 0 saturated heterocycles. The SMILES string of the molecule is CCCNc1ccc(C(=O)NCc2cncs2)cc1. The van der Waals surface area contributed by atoms with Crippen LogP contribution in [0.2, 0.25) is 0 Å². The molecule has 19 heavy (non-hydrogen) atoms. The summed E-state index contributed by atoms with van der Waals surface area (Å²) >= 11 is 1.54. The van der Waals surface area contributed by atoms with Gasteiger partial charge in [-0.3, -0.25) is 9.78 Å². The van der Waals surface area contributed by atoms with E-state index in [1.54, 1.807) is 11.7 Å². The zero-order valence-corrected chi connectivity index (χ0v) is 11.7. The van der Waals surface area contributed by atoms with E-state index in [4.69, 9.17) is 0 Å². The van der Waals surface area contributed by atoms with E-state index in [9.17, 15) is 4.79 Å². The fourth-order valence-corrected chi connectivity index (χ4v) is 2.14. The first-order valence-electron chi connectivity index (χ1n) is 6.29. The van der Waals surface area contributed by atoms with Crippen molar-refractivity contribution in [3.05, 3.63) is 46.4 Å². The standard InChI is InChI=1S/C14H17N3OS/c1-2-7-16-12-5-3-11(4-6-12)14(18)17-9-13-8-15-10-19-13/h3-6,8,10,16H,2,7,9H2,1H3,(H,17,18). The molecule has 0 radical (unpaired) electrons. The van der Waals surface area contributed by atoms with Gasteiger partial charge < -0.3 is 10.6 Å². The van der Waals surface area contributed by atoms with Crippen molar-refractivity contribution < 1.29 is 4.79 Å². The molecule has 1 aromatic heterocycles. The summed E-state index contributed by atoms with van der Waals surface area (Å²) in [6, 6.07) is 7.52. The Morgan fingerprint density at radius 1 is 1.32 bits per heavy atom. The van der Waals surface area contributed by atoms with Crippen LogP contribution in [0.5, 0.6) is 0 Å². The van der Waals surface area contributed by atoms with Crippen molar-refractivity contribution in [3.8, 4) is 0 Å². The number of benzene rings is 1. The highest BCUT2D eigenvalue weighted by molar-refractivity contribution is 7.09. The predicted octanol–water partition coefficient (Wildman–Crippen LogP) is 2.90. The first kappa shape index (κ1) is 13.5. The number of carbonyl (C=O) groups excluding carboxylic acids is 1. The van der Waals surface area contributed by atoms with Gasteiger partial charge in [0.1, 0.15) is 0 Å². The summed E-state index contributed by atoms with van der Waals surface area (Å²) in [5.74, 6) is -0.0598. The molecule has 0 fully saturated rings. The maximum Gasteiger partial charge on any atom is 0.251 e. The number of hydrogen-bond acceptors (Lipinski definition) is 4. The number of thiazole rings is 1. The summed E-state index contributed by atoms with van der Waals surface area (Å²) in [4.78, 5) is 16.9. The zero-order chi connectivity index (χ0) is 13.5. The van der Waals surface area contributed by atoms with E-state index in [-0.39, 0.29) is 5.91 Å². The van der Waals surface area contributed by atoms with Crippen LogP contribution in [0.3, 0.4) is 0 Å². The van der Waals surface area contributed by atoms with Crippen LogP contribution in [0.25, 0.3) is 0 Å². The third-order valence-electron chi connectivity index (χ3n) is 2.63. The van der Waals surface area contributed by atoms with Crippen LogP contribution >= 0.6 is 11.3 Å². The molecule has 0 aliphatic carbocycles. The predicted molar refractivity (Wildman–Crippen MR) is 78.5 cm³/mol. The van der Waals surface area contributed by atoms with Crippen molar-refractivity contribution in [1.29, 1.82) is 0 Å². The van der Waals surface area contributed by atoms with Crippen LogP contribution in [-0.2, 0) is 6.54 Å². The number of carbonyl (C=O) groups is 1. The van der Waals surface area contributed by atoms with E-state index < -0.39 is 0 Å². The number of nitrogens with zero attached hydrogens (tertiary/aromatic N) is 1. The topological polar surface area (TPSA) is 54.0 Å². The highest BCUT2D eigenvalue weighted by atomic mass is 32.1. The molecule has 4 nitrogen and oxygen atoms in total. The average Bonchev–Trinajstić information content (AvgIpc) is 2.96. The zero-order valence-electron chi connectivity index (χ0n) is 10.8. The lowest BCUT2D eigenvalue weighted by molar-refractivity contribution is 0.0951. The van der Waals surface area contributed by atoms with E-state index in [1.165, 1.54) is 11.3 Å². The Bertz CT molecular complexity index is 508. The molecule has 0 aliphatic rings. The average molecular weight is 275 g/mol. The second-order valence-corrected chi connectivity index (χ2v) is 5.13. The van der Waals surface area contributed by atoms with Gasteiger partial charge in [0.25, 0.3) is 5.91 Å². The largest absolute Gasteiger partial charge is 0.385 e. The van der Waals surface area contributed by atoms with Gasteiger partial charge in [0, 0.05) is 28.9 Å².